The molecule has 0 radical (unpaired) electrons. The molecule has 1 amide bonds. The summed E-state index contributed by atoms with van der Waals surface area (Å²) in [5, 5.41) is 5.26. The van der Waals surface area contributed by atoms with Gasteiger partial charge in [-0.3, -0.25) is 4.79 Å². The Morgan fingerprint density at radius 3 is 2.78 bits per heavy atom. The number of carbonyl (C=O) groups is 1. The lowest BCUT2D eigenvalue weighted by Crippen LogP contribution is -2.17. The number of rotatable bonds is 6. The van der Waals surface area contributed by atoms with Crippen LogP contribution in [-0.2, 0) is 0 Å². The first-order valence-corrected chi connectivity index (χ1v) is 8.68. The summed E-state index contributed by atoms with van der Waals surface area (Å²) in [5.74, 6) is 0.334. The van der Waals surface area contributed by atoms with E-state index in [-0.39, 0.29) is 5.91 Å². The van der Waals surface area contributed by atoms with Crippen LogP contribution in [0.25, 0.3) is 10.9 Å². The minimum atomic E-state index is -0.331. The van der Waals surface area contributed by atoms with Crippen molar-refractivity contribution in [2.45, 2.75) is 6.92 Å². The quantitative estimate of drug-likeness (QED) is 0.296. The summed E-state index contributed by atoms with van der Waals surface area (Å²) in [4.78, 5) is 16.5. The summed E-state index contributed by atoms with van der Waals surface area (Å²) in [6, 6.07) is 14.6. The van der Waals surface area contributed by atoms with E-state index >= 15 is 0 Å². The maximum atomic E-state index is 12.2. The monoisotopic (exact) mass is 379 g/mol. The molecule has 0 saturated heterocycles. The maximum Gasteiger partial charge on any atom is 0.271 e. The predicted molar refractivity (Wildman–Crippen MR) is 109 cm³/mol. The highest BCUT2D eigenvalue weighted by Gasteiger charge is 2.06. The van der Waals surface area contributed by atoms with Gasteiger partial charge in [-0.1, -0.05) is 36.4 Å². The third kappa shape index (κ3) is 4.71. The number of benzene rings is 2. The van der Waals surface area contributed by atoms with Crippen LogP contribution in [-0.4, -0.2) is 23.7 Å². The Balaban J connectivity index is 1.68. The SMILES string of the molecule is C=CCOc1ccc(C(=O)N/N=C/c2cc3ccc(C)cc3nc2Cl)cc1. The highest BCUT2D eigenvalue weighted by Crippen LogP contribution is 2.20. The number of carbonyl (C=O) groups excluding carboxylic acids is 1. The van der Waals surface area contributed by atoms with Crippen molar-refractivity contribution in [3.8, 4) is 5.75 Å². The fraction of sp³-hybridized carbons (Fsp3) is 0.0952. The summed E-state index contributed by atoms with van der Waals surface area (Å²) in [6.07, 6.45) is 3.14. The van der Waals surface area contributed by atoms with Gasteiger partial charge in [0, 0.05) is 16.5 Å². The lowest BCUT2D eigenvalue weighted by molar-refractivity contribution is 0.0955. The standard InChI is InChI=1S/C21H18ClN3O2/c1-3-10-27-18-8-6-15(7-9-18)21(26)25-23-13-17-12-16-5-4-14(2)11-19(16)24-20(17)22/h3-9,11-13H,1,10H2,2H3,(H,25,26)/b23-13+. The molecule has 27 heavy (non-hydrogen) atoms. The third-order valence-electron chi connectivity index (χ3n) is 3.81. The molecule has 1 heterocycles. The lowest BCUT2D eigenvalue weighted by Gasteiger charge is -2.05. The number of hydrogen-bond acceptors (Lipinski definition) is 4. The Labute approximate surface area is 162 Å². The summed E-state index contributed by atoms with van der Waals surface area (Å²) < 4.78 is 5.38. The Kier molecular flexibility index (Phi) is 5.84. The van der Waals surface area contributed by atoms with Gasteiger partial charge in [0.2, 0.25) is 0 Å². The summed E-state index contributed by atoms with van der Waals surface area (Å²) in [7, 11) is 0. The van der Waals surface area contributed by atoms with Crippen molar-refractivity contribution in [2.24, 2.45) is 5.10 Å². The van der Waals surface area contributed by atoms with Gasteiger partial charge in [0.1, 0.15) is 17.5 Å². The number of fused-ring (bicyclic) bond motifs is 1. The fourth-order valence-electron chi connectivity index (χ4n) is 2.44. The van der Waals surface area contributed by atoms with Crippen molar-refractivity contribution in [1.29, 1.82) is 0 Å². The minimum Gasteiger partial charge on any atom is -0.490 e. The molecule has 0 saturated carbocycles. The molecule has 3 aromatic rings. The Bertz CT molecular complexity index is 1010. The van der Waals surface area contributed by atoms with Crippen LogP contribution in [0.15, 0.2) is 66.3 Å². The molecular formula is C21H18ClN3O2. The number of nitrogens with one attached hydrogen (secondary N) is 1. The fourth-order valence-corrected chi connectivity index (χ4v) is 2.64. The Hall–Kier alpha value is -3.18. The second-order valence-corrected chi connectivity index (χ2v) is 6.25. The number of hydrogen-bond donors (Lipinski definition) is 1. The van der Waals surface area contributed by atoms with Gasteiger partial charge in [0.25, 0.3) is 5.91 Å². The number of halogens is 1. The lowest BCUT2D eigenvalue weighted by atomic mass is 10.1. The largest absolute Gasteiger partial charge is 0.490 e. The van der Waals surface area contributed by atoms with Gasteiger partial charge in [0.05, 0.1) is 11.7 Å². The van der Waals surface area contributed by atoms with Crippen molar-refractivity contribution >= 4 is 34.6 Å². The van der Waals surface area contributed by atoms with Gasteiger partial charge in [-0.05, 0) is 48.9 Å². The van der Waals surface area contributed by atoms with Crippen molar-refractivity contribution < 1.29 is 9.53 Å². The molecule has 6 heteroatoms. The first-order chi connectivity index (χ1) is 13.1. The van der Waals surface area contributed by atoms with Crippen molar-refractivity contribution in [2.75, 3.05) is 6.61 Å². The number of amides is 1. The summed E-state index contributed by atoms with van der Waals surface area (Å²) in [6.45, 7) is 6.00. The van der Waals surface area contributed by atoms with Crippen LogP contribution < -0.4 is 10.2 Å². The minimum absolute atomic E-state index is 0.329. The van der Waals surface area contributed by atoms with E-state index < -0.39 is 0 Å². The average Bonchev–Trinajstić information content (AvgIpc) is 2.67. The summed E-state index contributed by atoms with van der Waals surface area (Å²) >= 11 is 6.21. The van der Waals surface area contributed by atoms with Gasteiger partial charge < -0.3 is 4.74 Å². The van der Waals surface area contributed by atoms with Crippen LogP contribution in [0.1, 0.15) is 21.5 Å². The molecule has 0 aliphatic heterocycles. The third-order valence-corrected chi connectivity index (χ3v) is 4.11. The van der Waals surface area contributed by atoms with E-state index in [4.69, 9.17) is 16.3 Å². The molecule has 1 N–H and O–H groups in total. The van der Waals surface area contributed by atoms with Gasteiger partial charge in [-0.25, -0.2) is 10.4 Å². The number of nitrogens with zero attached hydrogens (tertiary/aromatic N) is 2. The molecule has 2 aromatic carbocycles. The van der Waals surface area contributed by atoms with Gasteiger partial charge >= 0.3 is 0 Å². The molecule has 0 bridgehead atoms. The van der Waals surface area contributed by atoms with Crippen LogP contribution in [0.4, 0.5) is 0 Å². The van der Waals surface area contributed by atoms with Crippen LogP contribution in [0.2, 0.25) is 5.15 Å². The molecule has 0 unspecified atom stereocenters. The van der Waals surface area contributed by atoms with E-state index in [1.165, 1.54) is 6.21 Å². The molecule has 0 spiro atoms. The van der Waals surface area contributed by atoms with E-state index in [1.54, 1.807) is 30.3 Å². The molecule has 0 fully saturated rings. The van der Waals surface area contributed by atoms with Gasteiger partial charge in [-0.2, -0.15) is 5.10 Å². The summed E-state index contributed by atoms with van der Waals surface area (Å²) in [5.41, 5.74) is 5.51. The molecular weight excluding hydrogens is 362 g/mol. The van der Waals surface area contributed by atoms with E-state index in [0.717, 1.165) is 16.5 Å². The van der Waals surface area contributed by atoms with E-state index in [0.29, 0.717) is 28.6 Å². The van der Waals surface area contributed by atoms with Crippen molar-refractivity contribution in [3.05, 3.63) is 83.0 Å². The molecule has 5 nitrogen and oxygen atoms in total. The van der Waals surface area contributed by atoms with Crippen LogP contribution >= 0.6 is 11.6 Å². The Morgan fingerprint density at radius 1 is 1.26 bits per heavy atom. The molecule has 0 atom stereocenters. The number of ether oxygens (including phenoxy) is 1. The first-order valence-electron chi connectivity index (χ1n) is 8.31. The second-order valence-electron chi connectivity index (χ2n) is 5.89. The van der Waals surface area contributed by atoms with Crippen LogP contribution in [0.3, 0.4) is 0 Å². The predicted octanol–water partition coefficient (Wildman–Crippen LogP) is 4.53. The normalized spacial score (nSPS) is 10.9. The zero-order valence-electron chi connectivity index (χ0n) is 14.8. The zero-order chi connectivity index (χ0) is 19.2. The average molecular weight is 380 g/mol. The van der Waals surface area contributed by atoms with Gasteiger partial charge in [-0.15, -0.1) is 0 Å². The second kappa shape index (κ2) is 8.47. The highest BCUT2D eigenvalue weighted by molar-refractivity contribution is 6.32. The number of hydrazone groups is 1. The molecule has 136 valence electrons. The smallest absolute Gasteiger partial charge is 0.271 e. The molecule has 1 aromatic heterocycles. The Morgan fingerprint density at radius 2 is 2.04 bits per heavy atom. The maximum absolute atomic E-state index is 12.2. The number of aromatic nitrogens is 1. The topological polar surface area (TPSA) is 63.6 Å². The van der Waals surface area contributed by atoms with E-state index in [9.17, 15) is 4.79 Å². The zero-order valence-corrected chi connectivity index (χ0v) is 15.5. The van der Waals surface area contributed by atoms with Crippen LogP contribution in [0, 0.1) is 6.92 Å². The highest BCUT2D eigenvalue weighted by atomic mass is 35.5. The van der Waals surface area contributed by atoms with Crippen LogP contribution in [0.5, 0.6) is 5.75 Å². The molecule has 0 aliphatic carbocycles. The number of pyridine rings is 1. The van der Waals surface area contributed by atoms with Crippen molar-refractivity contribution in [1.82, 2.24) is 10.4 Å². The van der Waals surface area contributed by atoms with Crippen molar-refractivity contribution in [3.63, 3.8) is 0 Å². The molecule has 3 rings (SSSR count). The molecule has 0 aliphatic rings. The first kappa shape index (κ1) is 18.6. The van der Waals surface area contributed by atoms with E-state index in [1.807, 2.05) is 31.2 Å². The number of aryl methyl sites for hydroxylation is 1. The van der Waals surface area contributed by atoms with Gasteiger partial charge in [0.15, 0.2) is 0 Å². The van der Waals surface area contributed by atoms with E-state index in [2.05, 4.69) is 22.1 Å².